The molecule has 4 heteroatoms. The average molecular weight is 199 g/mol. The normalized spacial score (nSPS) is 24.0. The van der Waals surface area contributed by atoms with E-state index in [2.05, 4.69) is 15.7 Å². The summed E-state index contributed by atoms with van der Waals surface area (Å²) in [7, 11) is 1.39. The van der Waals surface area contributed by atoms with Crippen LogP contribution in [0.4, 0.5) is 0 Å². The molecular weight excluding hydrogens is 182 g/mol. The smallest absolute Gasteiger partial charge is 0.336 e. The number of rotatable bonds is 3. The van der Waals surface area contributed by atoms with Crippen LogP contribution in [0.25, 0.3) is 0 Å². The first-order chi connectivity index (χ1) is 6.77. The fraction of sp³-hybridized carbons (Fsp3) is 0.700. The molecular formula is C10H17NO3. The van der Waals surface area contributed by atoms with E-state index in [-0.39, 0.29) is 5.97 Å². The van der Waals surface area contributed by atoms with E-state index in [0.29, 0.717) is 13.2 Å². The van der Waals surface area contributed by atoms with Gasteiger partial charge in [0, 0.05) is 19.6 Å². The maximum absolute atomic E-state index is 11.2. The minimum absolute atomic E-state index is 0.282. The molecule has 0 aromatic rings. The van der Waals surface area contributed by atoms with Crippen molar-refractivity contribution in [1.82, 2.24) is 4.90 Å². The number of ether oxygens (including phenoxy) is 2. The van der Waals surface area contributed by atoms with Gasteiger partial charge in [0.25, 0.3) is 0 Å². The molecule has 0 amide bonds. The molecule has 0 radical (unpaired) electrons. The van der Waals surface area contributed by atoms with Gasteiger partial charge in [-0.3, -0.25) is 4.90 Å². The van der Waals surface area contributed by atoms with Crippen molar-refractivity contribution in [2.45, 2.75) is 13.0 Å². The second-order valence-electron chi connectivity index (χ2n) is 3.21. The maximum atomic E-state index is 11.2. The van der Waals surface area contributed by atoms with Crippen molar-refractivity contribution in [3.05, 3.63) is 12.2 Å². The zero-order valence-electron chi connectivity index (χ0n) is 8.73. The second kappa shape index (κ2) is 5.78. The zero-order chi connectivity index (χ0) is 10.4. The van der Waals surface area contributed by atoms with E-state index in [9.17, 15) is 4.79 Å². The van der Waals surface area contributed by atoms with Crippen LogP contribution in [0.5, 0.6) is 0 Å². The fourth-order valence-corrected chi connectivity index (χ4v) is 1.40. The van der Waals surface area contributed by atoms with Crippen molar-refractivity contribution in [2.24, 2.45) is 0 Å². The molecule has 1 aliphatic rings. The summed E-state index contributed by atoms with van der Waals surface area (Å²) >= 11 is 0. The first-order valence-corrected chi connectivity index (χ1v) is 4.81. The zero-order valence-corrected chi connectivity index (χ0v) is 8.73. The predicted molar refractivity (Wildman–Crippen MR) is 53.0 cm³/mol. The molecule has 1 heterocycles. The molecule has 0 spiro atoms. The van der Waals surface area contributed by atoms with Crippen LogP contribution in [0.2, 0.25) is 0 Å². The summed E-state index contributed by atoms with van der Waals surface area (Å²) < 4.78 is 9.93. The summed E-state index contributed by atoms with van der Waals surface area (Å²) in [4.78, 5) is 13.4. The summed E-state index contributed by atoms with van der Waals surface area (Å²) in [6.07, 6.45) is 3.65. The quantitative estimate of drug-likeness (QED) is 0.488. The van der Waals surface area contributed by atoms with E-state index in [1.807, 2.05) is 13.0 Å². The Labute approximate surface area is 84.5 Å². The molecule has 0 bridgehead atoms. The van der Waals surface area contributed by atoms with Crippen LogP contribution in [0.1, 0.15) is 6.92 Å². The highest BCUT2D eigenvalue weighted by Gasteiger charge is 2.26. The highest BCUT2D eigenvalue weighted by Crippen LogP contribution is 2.06. The molecule has 14 heavy (non-hydrogen) atoms. The Balaban J connectivity index is 2.39. The summed E-state index contributed by atoms with van der Waals surface area (Å²) in [6.45, 7) is 4.94. The molecule has 1 rings (SSSR count). The molecule has 0 N–H and O–H groups in total. The van der Waals surface area contributed by atoms with Gasteiger partial charge in [0.05, 0.1) is 13.7 Å². The van der Waals surface area contributed by atoms with Gasteiger partial charge in [-0.05, 0) is 6.92 Å². The SMILES string of the molecule is C/C=C/CN1CCOC(C(=O)OC)C1. The molecule has 1 fully saturated rings. The maximum Gasteiger partial charge on any atom is 0.336 e. The minimum atomic E-state index is -0.418. The largest absolute Gasteiger partial charge is 0.467 e. The van der Waals surface area contributed by atoms with Crippen molar-refractivity contribution in [2.75, 3.05) is 33.4 Å². The monoisotopic (exact) mass is 199 g/mol. The third-order valence-electron chi connectivity index (χ3n) is 2.21. The summed E-state index contributed by atoms with van der Waals surface area (Å²) in [5.41, 5.74) is 0. The van der Waals surface area contributed by atoms with Crippen LogP contribution in [0.15, 0.2) is 12.2 Å². The Morgan fingerprint density at radius 3 is 3.14 bits per heavy atom. The topological polar surface area (TPSA) is 38.8 Å². The van der Waals surface area contributed by atoms with Crippen molar-refractivity contribution in [3.8, 4) is 0 Å². The molecule has 0 aromatic heterocycles. The fourth-order valence-electron chi connectivity index (χ4n) is 1.40. The van der Waals surface area contributed by atoms with Gasteiger partial charge in [-0.1, -0.05) is 12.2 Å². The van der Waals surface area contributed by atoms with Crippen molar-refractivity contribution < 1.29 is 14.3 Å². The van der Waals surface area contributed by atoms with Gasteiger partial charge in [0.1, 0.15) is 0 Å². The van der Waals surface area contributed by atoms with Gasteiger partial charge in [-0.15, -0.1) is 0 Å². The predicted octanol–water partition coefficient (Wildman–Crippen LogP) is 0.436. The minimum Gasteiger partial charge on any atom is -0.467 e. The summed E-state index contributed by atoms with van der Waals surface area (Å²) in [6, 6.07) is 0. The number of methoxy groups -OCH3 is 1. The molecule has 1 aliphatic heterocycles. The number of hydrogen-bond donors (Lipinski definition) is 0. The number of nitrogens with zero attached hydrogens (tertiary/aromatic N) is 1. The lowest BCUT2D eigenvalue weighted by Gasteiger charge is -2.30. The van der Waals surface area contributed by atoms with E-state index >= 15 is 0 Å². The van der Waals surface area contributed by atoms with Crippen molar-refractivity contribution in [3.63, 3.8) is 0 Å². The number of esters is 1. The lowest BCUT2D eigenvalue weighted by atomic mass is 10.2. The lowest BCUT2D eigenvalue weighted by Crippen LogP contribution is -2.46. The van der Waals surface area contributed by atoms with Gasteiger partial charge in [-0.2, -0.15) is 0 Å². The van der Waals surface area contributed by atoms with Gasteiger partial charge in [0.15, 0.2) is 6.10 Å². The highest BCUT2D eigenvalue weighted by molar-refractivity contribution is 5.74. The number of morpholine rings is 1. The second-order valence-corrected chi connectivity index (χ2v) is 3.21. The molecule has 0 saturated carbocycles. The van der Waals surface area contributed by atoms with Crippen LogP contribution in [0.3, 0.4) is 0 Å². The standard InChI is InChI=1S/C10H17NO3/c1-3-4-5-11-6-7-14-9(8-11)10(12)13-2/h3-4,9H,5-8H2,1-2H3/b4-3+. The highest BCUT2D eigenvalue weighted by atomic mass is 16.6. The van der Waals surface area contributed by atoms with Crippen molar-refractivity contribution >= 4 is 5.97 Å². The summed E-state index contributed by atoms with van der Waals surface area (Å²) in [5, 5.41) is 0. The molecule has 0 aromatic carbocycles. The lowest BCUT2D eigenvalue weighted by molar-refractivity contribution is -0.159. The number of hydrogen-bond acceptors (Lipinski definition) is 4. The average Bonchev–Trinajstić information content (AvgIpc) is 2.25. The third-order valence-corrected chi connectivity index (χ3v) is 2.21. The molecule has 1 unspecified atom stereocenters. The van der Waals surface area contributed by atoms with Crippen LogP contribution < -0.4 is 0 Å². The van der Waals surface area contributed by atoms with E-state index in [4.69, 9.17) is 4.74 Å². The van der Waals surface area contributed by atoms with Crippen LogP contribution in [-0.4, -0.2) is 50.3 Å². The Kier molecular flexibility index (Phi) is 4.62. The van der Waals surface area contributed by atoms with E-state index in [1.165, 1.54) is 7.11 Å². The third kappa shape index (κ3) is 3.12. The molecule has 80 valence electrons. The molecule has 4 nitrogen and oxygen atoms in total. The Morgan fingerprint density at radius 1 is 1.71 bits per heavy atom. The van der Waals surface area contributed by atoms with Gasteiger partial charge in [-0.25, -0.2) is 4.79 Å². The first-order valence-electron chi connectivity index (χ1n) is 4.81. The molecule has 0 aliphatic carbocycles. The Morgan fingerprint density at radius 2 is 2.50 bits per heavy atom. The Hall–Kier alpha value is -0.870. The molecule has 1 atom stereocenters. The van der Waals surface area contributed by atoms with E-state index in [1.54, 1.807) is 0 Å². The van der Waals surface area contributed by atoms with Crippen molar-refractivity contribution in [1.29, 1.82) is 0 Å². The van der Waals surface area contributed by atoms with E-state index in [0.717, 1.165) is 13.1 Å². The summed E-state index contributed by atoms with van der Waals surface area (Å²) in [5.74, 6) is -0.282. The Bertz CT molecular complexity index is 215. The van der Waals surface area contributed by atoms with Crippen LogP contribution >= 0.6 is 0 Å². The number of carbonyl (C=O) groups excluding carboxylic acids is 1. The van der Waals surface area contributed by atoms with Gasteiger partial charge in [0.2, 0.25) is 0 Å². The number of carbonyl (C=O) groups is 1. The number of allylic oxidation sites excluding steroid dienone is 1. The van der Waals surface area contributed by atoms with E-state index < -0.39 is 6.10 Å². The van der Waals surface area contributed by atoms with Gasteiger partial charge < -0.3 is 9.47 Å². The van der Waals surface area contributed by atoms with Crippen LogP contribution in [-0.2, 0) is 14.3 Å². The van der Waals surface area contributed by atoms with Crippen LogP contribution in [0, 0.1) is 0 Å². The molecule has 1 saturated heterocycles. The van der Waals surface area contributed by atoms with Gasteiger partial charge >= 0.3 is 5.97 Å². The first kappa shape index (κ1) is 11.2.